The predicted molar refractivity (Wildman–Crippen MR) is 63.5 cm³/mol. The number of aliphatic carboxylic acids is 1. The number of hydrogen-bond acceptors (Lipinski definition) is 4. The summed E-state index contributed by atoms with van der Waals surface area (Å²) < 4.78 is -0.0547. The van der Waals surface area contributed by atoms with Crippen molar-refractivity contribution in [1.82, 2.24) is 5.32 Å². The first-order valence-corrected chi connectivity index (χ1v) is 5.96. The van der Waals surface area contributed by atoms with Crippen molar-refractivity contribution in [3.8, 4) is 0 Å². The van der Waals surface area contributed by atoms with Crippen LogP contribution in [-0.4, -0.2) is 44.7 Å². The summed E-state index contributed by atoms with van der Waals surface area (Å²) in [7, 11) is 0. The third kappa shape index (κ3) is 6.68. The Morgan fingerprint density at radius 2 is 1.88 bits per heavy atom. The van der Waals surface area contributed by atoms with Gasteiger partial charge in [-0.25, -0.2) is 4.79 Å². The minimum Gasteiger partial charge on any atom is -0.480 e. The standard InChI is InChI=1S/C10H19NO4S/c1-6(12)8(9(14)15)11-7(13)5-16-10(2,3)4/h6,8,12H,5H2,1-4H3,(H,11,13)(H,14,15). The van der Waals surface area contributed by atoms with Crippen LogP contribution in [0.25, 0.3) is 0 Å². The van der Waals surface area contributed by atoms with Crippen molar-refractivity contribution in [1.29, 1.82) is 0 Å². The molecule has 16 heavy (non-hydrogen) atoms. The van der Waals surface area contributed by atoms with Crippen molar-refractivity contribution < 1.29 is 19.8 Å². The lowest BCUT2D eigenvalue weighted by Gasteiger charge is -2.20. The quantitative estimate of drug-likeness (QED) is 0.659. The Balaban J connectivity index is 4.17. The van der Waals surface area contributed by atoms with Crippen molar-refractivity contribution in [2.75, 3.05) is 5.75 Å². The van der Waals surface area contributed by atoms with Gasteiger partial charge in [-0.2, -0.15) is 0 Å². The van der Waals surface area contributed by atoms with Gasteiger partial charge < -0.3 is 15.5 Å². The first-order valence-electron chi connectivity index (χ1n) is 4.97. The van der Waals surface area contributed by atoms with Crippen LogP contribution in [0.3, 0.4) is 0 Å². The van der Waals surface area contributed by atoms with Crippen LogP contribution in [0.1, 0.15) is 27.7 Å². The second-order valence-electron chi connectivity index (χ2n) is 4.53. The maximum Gasteiger partial charge on any atom is 0.328 e. The van der Waals surface area contributed by atoms with Crippen LogP contribution in [0, 0.1) is 0 Å². The molecular formula is C10H19NO4S. The summed E-state index contributed by atoms with van der Waals surface area (Å²) in [5.41, 5.74) is 0. The number of thioether (sulfide) groups is 1. The molecule has 0 saturated carbocycles. The summed E-state index contributed by atoms with van der Waals surface area (Å²) in [6.07, 6.45) is -1.11. The first kappa shape index (κ1) is 15.2. The van der Waals surface area contributed by atoms with Crippen LogP contribution < -0.4 is 5.32 Å². The second kappa shape index (κ2) is 6.10. The lowest BCUT2D eigenvalue weighted by molar-refractivity contribution is -0.144. The normalized spacial score (nSPS) is 15.3. The van der Waals surface area contributed by atoms with E-state index in [1.165, 1.54) is 18.7 Å². The van der Waals surface area contributed by atoms with Gasteiger partial charge >= 0.3 is 5.97 Å². The Kier molecular flexibility index (Phi) is 5.81. The largest absolute Gasteiger partial charge is 0.480 e. The Morgan fingerprint density at radius 3 is 2.19 bits per heavy atom. The van der Waals surface area contributed by atoms with E-state index in [1.807, 2.05) is 20.8 Å². The Bertz CT molecular complexity index is 260. The Labute approximate surface area is 99.6 Å². The predicted octanol–water partition coefficient (Wildman–Crippen LogP) is 0.468. The van der Waals surface area contributed by atoms with E-state index in [4.69, 9.17) is 10.2 Å². The van der Waals surface area contributed by atoms with Gasteiger partial charge in [0.2, 0.25) is 5.91 Å². The molecule has 3 N–H and O–H groups in total. The van der Waals surface area contributed by atoms with Gasteiger partial charge in [0.1, 0.15) is 0 Å². The molecule has 0 aromatic carbocycles. The molecule has 0 aliphatic heterocycles. The van der Waals surface area contributed by atoms with E-state index in [-0.39, 0.29) is 16.4 Å². The average molecular weight is 249 g/mol. The molecule has 0 saturated heterocycles. The van der Waals surface area contributed by atoms with Gasteiger partial charge in [-0.1, -0.05) is 20.8 Å². The highest BCUT2D eigenvalue weighted by atomic mass is 32.2. The molecule has 0 bridgehead atoms. The van der Waals surface area contributed by atoms with Crippen molar-refractivity contribution in [2.45, 2.75) is 44.6 Å². The molecule has 0 aromatic heterocycles. The molecule has 0 rings (SSSR count). The van der Waals surface area contributed by atoms with Gasteiger partial charge in [0.05, 0.1) is 11.9 Å². The molecule has 0 aromatic rings. The highest BCUT2D eigenvalue weighted by Gasteiger charge is 2.25. The molecule has 0 radical (unpaired) electrons. The number of amides is 1. The Hall–Kier alpha value is -0.750. The Morgan fingerprint density at radius 1 is 1.38 bits per heavy atom. The molecule has 6 heteroatoms. The van der Waals surface area contributed by atoms with Gasteiger partial charge in [-0.3, -0.25) is 4.79 Å². The molecule has 2 unspecified atom stereocenters. The van der Waals surface area contributed by atoms with Crippen molar-refractivity contribution in [2.24, 2.45) is 0 Å². The van der Waals surface area contributed by atoms with Gasteiger partial charge in [0.15, 0.2) is 6.04 Å². The van der Waals surface area contributed by atoms with Crippen LogP contribution >= 0.6 is 11.8 Å². The third-order valence-corrected chi connectivity index (χ3v) is 2.97. The number of carbonyl (C=O) groups excluding carboxylic acids is 1. The molecular weight excluding hydrogens is 230 g/mol. The molecule has 0 heterocycles. The van der Waals surface area contributed by atoms with E-state index in [1.54, 1.807) is 0 Å². The fraction of sp³-hybridized carbons (Fsp3) is 0.800. The van der Waals surface area contributed by atoms with E-state index < -0.39 is 18.1 Å². The van der Waals surface area contributed by atoms with Crippen molar-refractivity contribution >= 4 is 23.6 Å². The molecule has 1 amide bonds. The zero-order chi connectivity index (χ0) is 12.9. The van der Waals surface area contributed by atoms with E-state index >= 15 is 0 Å². The number of carboxylic acid groups (broad SMARTS) is 1. The van der Waals surface area contributed by atoms with Gasteiger partial charge in [0, 0.05) is 4.75 Å². The summed E-state index contributed by atoms with van der Waals surface area (Å²) in [5.74, 6) is -1.43. The number of hydrogen-bond donors (Lipinski definition) is 3. The zero-order valence-electron chi connectivity index (χ0n) is 9.98. The number of carbonyl (C=O) groups is 2. The van der Waals surface area contributed by atoms with Gasteiger partial charge in [-0.15, -0.1) is 11.8 Å². The molecule has 0 fully saturated rings. The topological polar surface area (TPSA) is 86.6 Å². The van der Waals surface area contributed by atoms with E-state index in [9.17, 15) is 9.59 Å². The highest BCUT2D eigenvalue weighted by Crippen LogP contribution is 2.22. The van der Waals surface area contributed by atoms with Crippen LogP contribution in [-0.2, 0) is 9.59 Å². The van der Waals surface area contributed by atoms with Gasteiger partial charge in [0.25, 0.3) is 0 Å². The number of aliphatic hydroxyl groups excluding tert-OH is 1. The van der Waals surface area contributed by atoms with Gasteiger partial charge in [-0.05, 0) is 6.92 Å². The molecule has 2 atom stereocenters. The highest BCUT2D eigenvalue weighted by molar-refractivity contribution is 8.01. The van der Waals surface area contributed by atoms with Crippen LogP contribution in [0.15, 0.2) is 0 Å². The number of carboxylic acids is 1. The molecule has 94 valence electrons. The monoisotopic (exact) mass is 249 g/mol. The second-order valence-corrected chi connectivity index (χ2v) is 6.33. The minimum absolute atomic E-state index is 0.0547. The third-order valence-electron chi connectivity index (χ3n) is 1.70. The summed E-state index contributed by atoms with van der Waals surface area (Å²) in [6, 6.07) is -1.24. The molecule has 5 nitrogen and oxygen atoms in total. The number of aliphatic hydroxyl groups is 1. The first-order chi connectivity index (χ1) is 7.13. The fourth-order valence-corrected chi connectivity index (χ4v) is 1.53. The molecule has 0 spiro atoms. The van der Waals surface area contributed by atoms with E-state index in [2.05, 4.69) is 5.32 Å². The summed E-state index contributed by atoms with van der Waals surface area (Å²) >= 11 is 1.42. The maximum atomic E-state index is 11.4. The van der Waals surface area contributed by atoms with E-state index in [0.717, 1.165) is 0 Å². The maximum absolute atomic E-state index is 11.4. The van der Waals surface area contributed by atoms with Crippen LogP contribution in [0.4, 0.5) is 0 Å². The van der Waals surface area contributed by atoms with Crippen molar-refractivity contribution in [3.05, 3.63) is 0 Å². The fourth-order valence-electron chi connectivity index (χ4n) is 0.886. The van der Waals surface area contributed by atoms with Crippen molar-refractivity contribution in [3.63, 3.8) is 0 Å². The SMILES string of the molecule is CC(O)C(NC(=O)CSC(C)(C)C)C(=O)O. The van der Waals surface area contributed by atoms with Crippen LogP contribution in [0.5, 0.6) is 0 Å². The minimum atomic E-state index is -1.24. The summed E-state index contributed by atoms with van der Waals surface area (Å²) in [6.45, 7) is 7.23. The molecule has 0 aliphatic rings. The molecule has 0 aliphatic carbocycles. The number of rotatable bonds is 5. The van der Waals surface area contributed by atoms with E-state index in [0.29, 0.717) is 0 Å². The average Bonchev–Trinajstić information content (AvgIpc) is 2.08. The lowest BCUT2D eigenvalue weighted by Crippen LogP contribution is -2.48. The zero-order valence-corrected chi connectivity index (χ0v) is 10.8. The number of nitrogens with one attached hydrogen (secondary N) is 1. The lowest BCUT2D eigenvalue weighted by atomic mass is 10.2. The smallest absolute Gasteiger partial charge is 0.328 e. The van der Waals surface area contributed by atoms with Crippen LogP contribution in [0.2, 0.25) is 0 Å². The summed E-state index contributed by atoms with van der Waals surface area (Å²) in [4.78, 5) is 22.1. The summed E-state index contributed by atoms with van der Waals surface area (Å²) in [5, 5.41) is 20.2.